The normalized spacial score (nSPS) is 13.6. The van der Waals surface area contributed by atoms with Gasteiger partial charge in [0.25, 0.3) is 0 Å². The number of Topliss-reactive ketones (excluding diaryl/α,β-unsaturated/α-hetero) is 1. The van der Waals surface area contributed by atoms with Gasteiger partial charge in [-0.2, -0.15) is 10.4 Å². The minimum Gasteiger partial charge on any atom is -0.295 e. The number of hydrogen-bond acceptors (Lipinski definition) is 5. The van der Waals surface area contributed by atoms with Gasteiger partial charge in [0, 0.05) is 10.4 Å². The fourth-order valence-electron chi connectivity index (χ4n) is 3.54. The lowest BCUT2D eigenvalue weighted by molar-refractivity contribution is -0.125. The molecule has 29 heavy (non-hydrogen) atoms. The van der Waals surface area contributed by atoms with Crippen molar-refractivity contribution < 1.29 is 13.2 Å². The van der Waals surface area contributed by atoms with Crippen LogP contribution in [-0.2, 0) is 20.4 Å². The molecule has 1 heterocycles. The molecule has 7 nitrogen and oxygen atoms in total. The molecule has 3 aromatic rings. The van der Waals surface area contributed by atoms with Crippen molar-refractivity contribution in [2.75, 3.05) is 11.0 Å². The fraction of sp³-hybridized carbons (Fsp3) is 0.250. The molecule has 1 atom stereocenters. The smallest absolute Gasteiger partial charge is 0.229 e. The SMILES string of the molecule is CCC(C(=O)CC#N)(c1ccc(Cl)cc1)n1ncc2c(NS(C)(=O)=O)cccc21. The average Bonchev–Trinajstić information content (AvgIpc) is 3.09. The second-order valence-electron chi connectivity index (χ2n) is 6.65. The first-order chi connectivity index (χ1) is 13.7. The molecule has 1 unspecified atom stereocenters. The minimum atomic E-state index is -3.49. The highest BCUT2D eigenvalue weighted by Gasteiger charge is 2.41. The molecule has 9 heteroatoms. The van der Waals surface area contributed by atoms with Gasteiger partial charge in [-0.15, -0.1) is 0 Å². The Hall–Kier alpha value is -2.89. The van der Waals surface area contributed by atoms with Gasteiger partial charge in [0.2, 0.25) is 10.0 Å². The topological polar surface area (TPSA) is 105 Å². The van der Waals surface area contributed by atoms with Crippen LogP contribution in [0.25, 0.3) is 10.9 Å². The number of halogens is 1. The number of nitriles is 1. The summed E-state index contributed by atoms with van der Waals surface area (Å²) >= 11 is 6.02. The summed E-state index contributed by atoms with van der Waals surface area (Å²) in [5.74, 6) is -0.309. The van der Waals surface area contributed by atoms with E-state index in [0.29, 0.717) is 33.6 Å². The molecular formula is C20H19ClN4O3S. The summed E-state index contributed by atoms with van der Waals surface area (Å²) in [5, 5.41) is 14.7. The highest BCUT2D eigenvalue weighted by molar-refractivity contribution is 7.92. The van der Waals surface area contributed by atoms with Crippen molar-refractivity contribution in [3.8, 4) is 6.07 Å². The van der Waals surface area contributed by atoms with Crippen LogP contribution in [0.15, 0.2) is 48.7 Å². The summed E-state index contributed by atoms with van der Waals surface area (Å²) in [6.45, 7) is 1.84. The quantitative estimate of drug-likeness (QED) is 0.615. The summed E-state index contributed by atoms with van der Waals surface area (Å²) in [5.41, 5.74) is 0.356. The van der Waals surface area contributed by atoms with E-state index >= 15 is 0 Å². The Bertz CT molecular complexity index is 1210. The third kappa shape index (κ3) is 3.84. The number of sulfonamides is 1. The van der Waals surface area contributed by atoms with E-state index in [1.807, 2.05) is 13.0 Å². The number of benzene rings is 2. The Kier molecular flexibility index (Phi) is 5.64. The van der Waals surface area contributed by atoms with Gasteiger partial charge in [-0.3, -0.25) is 9.52 Å². The molecule has 0 bridgehead atoms. The number of rotatable bonds is 7. The van der Waals surface area contributed by atoms with Crippen LogP contribution >= 0.6 is 11.6 Å². The first-order valence-electron chi connectivity index (χ1n) is 8.84. The predicted molar refractivity (Wildman–Crippen MR) is 112 cm³/mol. The van der Waals surface area contributed by atoms with Gasteiger partial charge in [-0.1, -0.05) is 36.7 Å². The maximum absolute atomic E-state index is 13.2. The number of aromatic nitrogens is 2. The number of nitrogens with one attached hydrogen (secondary N) is 1. The number of hydrogen-bond donors (Lipinski definition) is 1. The van der Waals surface area contributed by atoms with Crippen LogP contribution in [0.2, 0.25) is 5.02 Å². The number of carbonyl (C=O) groups is 1. The lowest BCUT2D eigenvalue weighted by atomic mass is 9.82. The van der Waals surface area contributed by atoms with E-state index < -0.39 is 15.6 Å². The first-order valence-corrected chi connectivity index (χ1v) is 11.1. The van der Waals surface area contributed by atoms with Crippen molar-refractivity contribution in [1.82, 2.24) is 9.78 Å². The van der Waals surface area contributed by atoms with Crippen molar-refractivity contribution in [2.24, 2.45) is 0 Å². The molecule has 0 aliphatic rings. The highest BCUT2D eigenvalue weighted by atomic mass is 35.5. The Labute approximate surface area is 173 Å². The number of ketones is 1. The lowest BCUT2D eigenvalue weighted by Crippen LogP contribution is -2.43. The second-order valence-corrected chi connectivity index (χ2v) is 8.83. The van der Waals surface area contributed by atoms with Gasteiger partial charge >= 0.3 is 0 Å². The zero-order chi connectivity index (χ0) is 21.2. The maximum atomic E-state index is 13.2. The molecule has 0 amide bonds. The third-order valence-corrected chi connectivity index (χ3v) is 5.65. The number of fused-ring (bicyclic) bond motifs is 1. The molecule has 0 saturated carbocycles. The van der Waals surface area contributed by atoms with Crippen LogP contribution < -0.4 is 4.72 Å². The Balaban J connectivity index is 2.30. The van der Waals surface area contributed by atoms with Gasteiger partial charge in [-0.05, 0) is 36.2 Å². The molecule has 0 radical (unpaired) electrons. The Morgan fingerprint density at radius 3 is 2.55 bits per heavy atom. The number of anilines is 1. The van der Waals surface area contributed by atoms with Gasteiger partial charge in [0.15, 0.2) is 5.78 Å². The van der Waals surface area contributed by atoms with Gasteiger partial charge in [0.1, 0.15) is 5.54 Å². The molecule has 150 valence electrons. The zero-order valence-electron chi connectivity index (χ0n) is 15.9. The van der Waals surface area contributed by atoms with Crippen LogP contribution in [0.4, 0.5) is 5.69 Å². The van der Waals surface area contributed by atoms with E-state index in [1.165, 1.54) is 6.20 Å². The molecule has 3 rings (SSSR count). The van der Waals surface area contributed by atoms with Crippen molar-refractivity contribution in [3.05, 3.63) is 59.2 Å². The predicted octanol–water partition coefficient (Wildman–Crippen LogP) is 3.70. The van der Waals surface area contributed by atoms with Gasteiger partial charge in [0.05, 0.1) is 36.1 Å². The largest absolute Gasteiger partial charge is 0.295 e. The van der Waals surface area contributed by atoms with Crippen LogP contribution in [-0.4, -0.2) is 30.2 Å². The first kappa shape index (κ1) is 20.8. The average molecular weight is 431 g/mol. The third-order valence-electron chi connectivity index (χ3n) is 4.80. The summed E-state index contributed by atoms with van der Waals surface area (Å²) in [6, 6.07) is 13.9. The lowest BCUT2D eigenvalue weighted by Gasteiger charge is -2.32. The van der Waals surface area contributed by atoms with Crippen LogP contribution in [0.1, 0.15) is 25.3 Å². The number of nitrogens with zero attached hydrogens (tertiary/aromatic N) is 3. The molecule has 1 N–H and O–H groups in total. The minimum absolute atomic E-state index is 0.293. The van der Waals surface area contributed by atoms with Crippen molar-refractivity contribution >= 4 is 44.0 Å². The van der Waals surface area contributed by atoms with Crippen molar-refractivity contribution in [3.63, 3.8) is 0 Å². The Morgan fingerprint density at radius 1 is 1.28 bits per heavy atom. The summed E-state index contributed by atoms with van der Waals surface area (Å²) in [4.78, 5) is 13.2. The van der Waals surface area contributed by atoms with E-state index in [1.54, 1.807) is 47.1 Å². The van der Waals surface area contributed by atoms with E-state index in [4.69, 9.17) is 11.6 Å². The molecule has 2 aromatic carbocycles. The molecule has 0 aliphatic heterocycles. The molecular weight excluding hydrogens is 412 g/mol. The Morgan fingerprint density at radius 2 is 1.97 bits per heavy atom. The van der Waals surface area contributed by atoms with Crippen molar-refractivity contribution in [2.45, 2.75) is 25.3 Å². The molecule has 0 fully saturated rings. The van der Waals surface area contributed by atoms with E-state index in [2.05, 4.69) is 9.82 Å². The van der Waals surface area contributed by atoms with Crippen LogP contribution in [0.5, 0.6) is 0 Å². The maximum Gasteiger partial charge on any atom is 0.229 e. The van der Waals surface area contributed by atoms with Crippen molar-refractivity contribution in [1.29, 1.82) is 5.26 Å². The monoisotopic (exact) mass is 430 g/mol. The number of carbonyl (C=O) groups excluding carboxylic acids is 1. The second kappa shape index (κ2) is 7.85. The van der Waals surface area contributed by atoms with Gasteiger partial charge in [-0.25, -0.2) is 13.1 Å². The van der Waals surface area contributed by atoms with Gasteiger partial charge < -0.3 is 0 Å². The molecule has 0 aliphatic carbocycles. The summed E-state index contributed by atoms with van der Waals surface area (Å²) in [6.07, 6.45) is 2.63. The van der Waals surface area contributed by atoms with E-state index in [9.17, 15) is 18.5 Å². The summed E-state index contributed by atoms with van der Waals surface area (Å²) in [7, 11) is -3.49. The standard InChI is InChI=1S/C20H19ClN4O3S/c1-3-20(19(26)11-12-22,14-7-9-15(21)10-8-14)25-18-6-4-5-17(16(18)13-23-25)24-29(2,27)28/h4-10,13,24H,3,11H2,1-2H3. The molecule has 1 aromatic heterocycles. The van der Waals surface area contributed by atoms with E-state index in [0.717, 1.165) is 6.26 Å². The fourth-order valence-corrected chi connectivity index (χ4v) is 4.24. The van der Waals surface area contributed by atoms with Crippen LogP contribution in [0.3, 0.4) is 0 Å². The highest BCUT2D eigenvalue weighted by Crippen LogP contribution is 2.37. The van der Waals surface area contributed by atoms with Crippen LogP contribution in [0, 0.1) is 11.3 Å². The summed E-state index contributed by atoms with van der Waals surface area (Å²) < 4.78 is 27.5. The van der Waals surface area contributed by atoms with E-state index in [-0.39, 0.29) is 12.2 Å². The molecule has 0 saturated heterocycles. The molecule has 0 spiro atoms. The zero-order valence-corrected chi connectivity index (χ0v) is 17.5.